The van der Waals surface area contributed by atoms with Crippen LogP contribution < -0.4 is 15.4 Å². The second-order valence-corrected chi connectivity index (χ2v) is 5.60. The topological polar surface area (TPSA) is 63.1 Å². The highest BCUT2D eigenvalue weighted by atomic mass is 16.1. The van der Waals surface area contributed by atoms with Gasteiger partial charge in [0, 0.05) is 26.2 Å². The van der Waals surface area contributed by atoms with E-state index < -0.39 is 0 Å². The van der Waals surface area contributed by atoms with E-state index in [1.54, 1.807) is 0 Å². The highest BCUT2D eigenvalue weighted by Crippen LogP contribution is 2.39. The zero-order valence-electron chi connectivity index (χ0n) is 12.8. The van der Waals surface area contributed by atoms with Crippen molar-refractivity contribution in [1.82, 2.24) is 4.98 Å². The molecule has 1 aliphatic heterocycles. The first-order valence-corrected chi connectivity index (χ1v) is 7.27. The molecule has 0 aliphatic carbocycles. The number of aromatic amines is 1. The third kappa shape index (κ3) is 2.23. The molecule has 5 heteroatoms. The normalized spacial score (nSPS) is 12.9. The number of pyridine rings is 1. The van der Waals surface area contributed by atoms with Crippen LogP contribution in [0.4, 0.5) is 11.5 Å². The summed E-state index contributed by atoms with van der Waals surface area (Å²) in [4.78, 5) is 19.6. The third-order valence-electron chi connectivity index (χ3n) is 3.99. The molecule has 0 unspecified atom stereocenters. The second kappa shape index (κ2) is 5.57. The first-order chi connectivity index (χ1) is 10.6. The summed E-state index contributed by atoms with van der Waals surface area (Å²) in [7, 11) is 3.83. The first kappa shape index (κ1) is 14.2. The Morgan fingerprint density at radius 3 is 2.68 bits per heavy atom. The van der Waals surface area contributed by atoms with E-state index in [0.717, 1.165) is 35.6 Å². The minimum absolute atomic E-state index is 0.113. The number of rotatable bonds is 3. The summed E-state index contributed by atoms with van der Waals surface area (Å²) in [5, 5.41) is 9.07. The zero-order chi connectivity index (χ0) is 15.7. The summed E-state index contributed by atoms with van der Waals surface area (Å²) in [6, 6.07) is 11.8. The van der Waals surface area contributed by atoms with E-state index in [-0.39, 0.29) is 5.56 Å². The van der Waals surface area contributed by atoms with E-state index >= 15 is 0 Å². The smallest absolute Gasteiger partial charge is 0.259 e. The van der Waals surface area contributed by atoms with Crippen molar-refractivity contribution in [2.75, 3.05) is 37.0 Å². The van der Waals surface area contributed by atoms with Crippen molar-refractivity contribution in [3.63, 3.8) is 0 Å². The van der Waals surface area contributed by atoms with E-state index in [9.17, 15) is 4.79 Å². The summed E-state index contributed by atoms with van der Waals surface area (Å²) in [6.45, 7) is 1.06. The maximum atomic E-state index is 12.7. The Kier molecular flexibility index (Phi) is 3.60. The molecule has 1 N–H and O–H groups in total. The van der Waals surface area contributed by atoms with Crippen molar-refractivity contribution >= 4 is 11.5 Å². The summed E-state index contributed by atoms with van der Waals surface area (Å²) in [5.41, 5.74) is 3.45. The Morgan fingerprint density at radius 1 is 1.32 bits per heavy atom. The predicted molar refractivity (Wildman–Crippen MR) is 88.4 cm³/mol. The fourth-order valence-corrected chi connectivity index (χ4v) is 3.06. The Morgan fingerprint density at radius 2 is 2.05 bits per heavy atom. The number of fused-ring (bicyclic) bond motifs is 1. The van der Waals surface area contributed by atoms with Gasteiger partial charge in [-0.2, -0.15) is 5.26 Å². The van der Waals surface area contributed by atoms with Crippen LogP contribution >= 0.6 is 0 Å². The summed E-state index contributed by atoms with van der Waals surface area (Å²) < 4.78 is 0. The summed E-state index contributed by atoms with van der Waals surface area (Å²) in [6.07, 6.45) is 0.834. The fourth-order valence-electron chi connectivity index (χ4n) is 3.06. The Bertz CT molecular complexity index is 787. The number of anilines is 2. The quantitative estimate of drug-likeness (QED) is 0.879. The molecule has 0 saturated carbocycles. The number of aromatic nitrogens is 1. The number of hydrogen-bond donors (Lipinski definition) is 1. The van der Waals surface area contributed by atoms with Crippen LogP contribution in [0.25, 0.3) is 11.1 Å². The Hall–Kier alpha value is -2.74. The minimum Gasteiger partial charge on any atom is -0.364 e. The van der Waals surface area contributed by atoms with Crippen molar-refractivity contribution in [3.05, 3.63) is 46.2 Å². The molecule has 22 heavy (non-hydrogen) atoms. The molecule has 0 saturated heterocycles. The Balaban J connectivity index is 2.30. The number of nitriles is 1. The van der Waals surface area contributed by atoms with Crippen LogP contribution in [0, 0.1) is 11.3 Å². The van der Waals surface area contributed by atoms with Crippen molar-refractivity contribution in [1.29, 1.82) is 5.26 Å². The van der Waals surface area contributed by atoms with Crippen LogP contribution in [0.1, 0.15) is 5.56 Å². The first-order valence-electron chi connectivity index (χ1n) is 7.27. The molecular formula is C17H18N4O. The van der Waals surface area contributed by atoms with Gasteiger partial charge in [-0.3, -0.25) is 4.79 Å². The van der Waals surface area contributed by atoms with E-state index in [1.807, 2.05) is 54.2 Å². The standard InChI is InChI=1S/C17H18N4O/c1-20(2)16-13-8-10-21(11-9-18)15(13)14(17(22)19-16)12-6-4-3-5-7-12/h3-7H,8,10-11H2,1-2H3,(H,19,22). The van der Waals surface area contributed by atoms with Crippen molar-refractivity contribution in [2.45, 2.75) is 6.42 Å². The van der Waals surface area contributed by atoms with Gasteiger partial charge >= 0.3 is 0 Å². The molecule has 1 aromatic carbocycles. The molecule has 1 aliphatic rings. The predicted octanol–water partition coefficient (Wildman–Crippen LogP) is 1.99. The lowest BCUT2D eigenvalue weighted by molar-refractivity contribution is 0.907. The van der Waals surface area contributed by atoms with Crippen LogP contribution in [0.3, 0.4) is 0 Å². The molecule has 0 atom stereocenters. The van der Waals surface area contributed by atoms with E-state index in [0.29, 0.717) is 12.1 Å². The number of nitrogens with one attached hydrogen (secondary N) is 1. The van der Waals surface area contributed by atoms with Gasteiger partial charge in [0.2, 0.25) is 0 Å². The van der Waals surface area contributed by atoms with Gasteiger partial charge in [-0.25, -0.2) is 0 Å². The molecule has 3 rings (SSSR count). The molecule has 2 aromatic rings. The van der Waals surface area contributed by atoms with Crippen LogP contribution in [-0.4, -0.2) is 32.2 Å². The molecule has 0 fully saturated rings. The number of nitrogens with zero attached hydrogens (tertiary/aromatic N) is 3. The van der Waals surface area contributed by atoms with E-state index in [2.05, 4.69) is 11.1 Å². The fraction of sp³-hybridized carbons (Fsp3) is 0.294. The number of hydrogen-bond acceptors (Lipinski definition) is 4. The SMILES string of the molecule is CN(C)c1[nH]c(=O)c(-c2ccccc2)c2c1CCN2CC#N. The summed E-state index contributed by atoms with van der Waals surface area (Å²) >= 11 is 0. The van der Waals surface area contributed by atoms with Gasteiger partial charge in [0.25, 0.3) is 5.56 Å². The van der Waals surface area contributed by atoms with Gasteiger partial charge in [0.1, 0.15) is 12.4 Å². The van der Waals surface area contributed by atoms with Gasteiger partial charge in [-0.05, 0) is 12.0 Å². The van der Waals surface area contributed by atoms with Gasteiger partial charge in [0.15, 0.2) is 0 Å². The van der Waals surface area contributed by atoms with Crippen LogP contribution in [0.2, 0.25) is 0 Å². The lowest BCUT2D eigenvalue weighted by Crippen LogP contribution is -2.25. The van der Waals surface area contributed by atoms with Gasteiger partial charge in [-0.15, -0.1) is 0 Å². The van der Waals surface area contributed by atoms with E-state index in [1.165, 1.54) is 0 Å². The molecule has 0 bridgehead atoms. The summed E-state index contributed by atoms with van der Waals surface area (Å²) in [5.74, 6) is 0.833. The number of H-pyrrole nitrogens is 1. The van der Waals surface area contributed by atoms with E-state index in [4.69, 9.17) is 5.26 Å². The molecule has 5 nitrogen and oxygen atoms in total. The molecule has 1 aromatic heterocycles. The maximum absolute atomic E-state index is 12.7. The lowest BCUT2D eigenvalue weighted by Gasteiger charge is -2.22. The number of benzene rings is 1. The molecule has 0 amide bonds. The highest BCUT2D eigenvalue weighted by molar-refractivity contribution is 5.85. The van der Waals surface area contributed by atoms with Gasteiger partial charge < -0.3 is 14.8 Å². The second-order valence-electron chi connectivity index (χ2n) is 5.60. The molecular weight excluding hydrogens is 276 g/mol. The molecule has 0 spiro atoms. The van der Waals surface area contributed by atoms with Crippen molar-refractivity contribution in [3.8, 4) is 17.2 Å². The van der Waals surface area contributed by atoms with Crippen LogP contribution in [0.5, 0.6) is 0 Å². The monoisotopic (exact) mass is 294 g/mol. The largest absolute Gasteiger partial charge is 0.364 e. The third-order valence-corrected chi connectivity index (χ3v) is 3.99. The average molecular weight is 294 g/mol. The molecule has 0 radical (unpaired) electrons. The van der Waals surface area contributed by atoms with Gasteiger partial charge in [-0.1, -0.05) is 30.3 Å². The van der Waals surface area contributed by atoms with Gasteiger partial charge in [0.05, 0.1) is 17.3 Å². The maximum Gasteiger partial charge on any atom is 0.259 e. The Labute approximate surface area is 129 Å². The lowest BCUT2D eigenvalue weighted by atomic mass is 10.0. The minimum atomic E-state index is -0.113. The molecule has 2 heterocycles. The van der Waals surface area contributed by atoms with Crippen LogP contribution in [0.15, 0.2) is 35.1 Å². The molecule has 112 valence electrons. The van der Waals surface area contributed by atoms with Crippen molar-refractivity contribution in [2.24, 2.45) is 0 Å². The highest BCUT2D eigenvalue weighted by Gasteiger charge is 2.28. The average Bonchev–Trinajstić information content (AvgIpc) is 2.91. The van der Waals surface area contributed by atoms with Crippen molar-refractivity contribution < 1.29 is 0 Å². The zero-order valence-corrected chi connectivity index (χ0v) is 12.8. The van der Waals surface area contributed by atoms with Crippen LogP contribution in [-0.2, 0) is 6.42 Å².